The quantitative estimate of drug-likeness (QED) is 0.441. The number of fused-ring (bicyclic) bond motifs is 7. The molecule has 0 saturated heterocycles. The van der Waals surface area contributed by atoms with E-state index in [0.29, 0.717) is 11.8 Å². The summed E-state index contributed by atoms with van der Waals surface area (Å²) in [5, 5.41) is 0. The summed E-state index contributed by atoms with van der Waals surface area (Å²) in [5.74, 6) is 2.98. The first-order valence-corrected chi connectivity index (χ1v) is 11.4. The first-order valence-electron chi connectivity index (χ1n) is 9.85. The largest absolute Gasteiger partial charge is 0.496 e. The topological polar surface area (TPSA) is 18.5 Å². The molecule has 2 aliphatic carbocycles. The molecule has 2 unspecified atom stereocenters. The van der Waals surface area contributed by atoms with Gasteiger partial charge in [0.25, 0.3) is 0 Å². The predicted molar refractivity (Wildman–Crippen MR) is 117 cm³/mol. The summed E-state index contributed by atoms with van der Waals surface area (Å²) in [7, 11) is 3.56. The highest BCUT2D eigenvalue weighted by Crippen LogP contribution is 2.55. The van der Waals surface area contributed by atoms with Crippen molar-refractivity contribution in [2.24, 2.45) is 0 Å². The summed E-state index contributed by atoms with van der Waals surface area (Å²) in [6.07, 6.45) is 8.36. The third-order valence-corrected chi connectivity index (χ3v) is 7.55. The average Bonchev–Trinajstić information content (AvgIpc) is 2.62. The van der Waals surface area contributed by atoms with E-state index >= 15 is 0 Å². The van der Waals surface area contributed by atoms with Gasteiger partial charge >= 0.3 is 0 Å². The van der Waals surface area contributed by atoms with Crippen LogP contribution in [0.3, 0.4) is 0 Å². The molecule has 2 aliphatic rings. The highest BCUT2D eigenvalue weighted by Gasteiger charge is 2.37. The van der Waals surface area contributed by atoms with E-state index in [1.807, 2.05) is 0 Å². The van der Waals surface area contributed by atoms with Crippen molar-refractivity contribution in [1.29, 1.82) is 0 Å². The minimum Gasteiger partial charge on any atom is -0.496 e. The van der Waals surface area contributed by atoms with Gasteiger partial charge in [-0.15, -0.1) is 0 Å². The molecule has 0 radical (unpaired) electrons. The van der Waals surface area contributed by atoms with Crippen LogP contribution in [0.1, 0.15) is 66.2 Å². The molecule has 4 rings (SSSR count). The number of rotatable bonds is 2. The molecule has 1 fully saturated rings. The second-order valence-electron chi connectivity index (χ2n) is 7.74. The van der Waals surface area contributed by atoms with Crippen molar-refractivity contribution >= 4 is 31.9 Å². The van der Waals surface area contributed by atoms with E-state index in [9.17, 15) is 0 Å². The van der Waals surface area contributed by atoms with Gasteiger partial charge in [0.2, 0.25) is 0 Å². The molecule has 2 nitrogen and oxygen atoms in total. The summed E-state index contributed by atoms with van der Waals surface area (Å²) in [6, 6.07) is 9.20. The summed E-state index contributed by atoms with van der Waals surface area (Å²) in [5.41, 5.74) is 5.54. The van der Waals surface area contributed by atoms with Crippen LogP contribution in [-0.2, 0) is 12.8 Å². The van der Waals surface area contributed by atoms with E-state index in [4.69, 9.17) is 9.47 Å². The van der Waals surface area contributed by atoms with Crippen molar-refractivity contribution in [2.45, 2.75) is 56.8 Å². The van der Waals surface area contributed by atoms with Crippen LogP contribution in [0, 0.1) is 0 Å². The van der Waals surface area contributed by atoms with E-state index in [-0.39, 0.29) is 0 Å². The zero-order chi connectivity index (χ0) is 19.0. The smallest absolute Gasteiger partial charge is 0.136 e. The van der Waals surface area contributed by atoms with Crippen molar-refractivity contribution in [3.8, 4) is 11.5 Å². The summed E-state index contributed by atoms with van der Waals surface area (Å²) < 4.78 is 13.8. The molecule has 4 bridgehead atoms. The van der Waals surface area contributed by atoms with Gasteiger partial charge < -0.3 is 9.47 Å². The molecule has 144 valence electrons. The molecule has 4 heteroatoms. The molecule has 2 atom stereocenters. The van der Waals surface area contributed by atoms with Gasteiger partial charge in [-0.1, -0.05) is 34.5 Å². The lowest BCUT2D eigenvalue weighted by molar-refractivity contribution is 0.315. The molecule has 0 aromatic heterocycles. The standard InChI is InChI=1S/C23H26Br2O2/c1-26-22-13-20(24)15-7-5-3-4-6-14-10-19(23(27-2)21(25)11-14)17-9-8-16(17)18(22)12-15/h10-13,16-17H,3-9H2,1-2H3. The Morgan fingerprint density at radius 3 is 2.22 bits per heavy atom. The average molecular weight is 494 g/mol. The van der Waals surface area contributed by atoms with Crippen LogP contribution in [0.15, 0.2) is 33.2 Å². The van der Waals surface area contributed by atoms with E-state index in [1.54, 1.807) is 14.2 Å². The minimum atomic E-state index is 0.486. The van der Waals surface area contributed by atoms with Crippen molar-refractivity contribution < 1.29 is 9.47 Å². The van der Waals surface area contributed by atoms with Crippen LogP contribution < -0.4 is 9.47 Å². The number of hydrogen-bond donors (Lipinski definition) is 0. The van der Waals surface area contributed by atoms with Gasteiger partial charge in [-0.2, -0.15) is 0 Å². The zero-order valence-electron chi connectivity index (χ0n) is 16.0. The fourth-order valence-electron chi connectivity index (χ4n) is 4.65. The van der Waals surface area contributed by atoms with E-state index in [0.717, 1.165) is 28.8 Å². The van der Waals surface area contributed by atoms with Gasteiger partial charge in [0.15, 0.2) is 0 Å². The second kappa shape index (κ2) is 8.16. The Morgan fingerprint density at radius 2 is 1.52 bits per heavy atom. The molecule has 0 N–H and O–H groups in total. The lowest BCUT2D eigenvalue weighted by atomic mass is 9.66. The lowest BCUT2D eigenvalue weighted by Crippen LogP contribution is -2.23. The summed E-state index contributed by atoms with van der Waals surface area (Å²) in [6.45, 7) is 0. The van der Waals surface area contributed by atoms with Crippen LogP contribution >= 0.6 is 31.9 Å². The fraction of sp³-hybridized carbons (Fsp3) is 0.478. The van der Waals surface area contributed by atoms with E-state index in [2.05, 4.69) is 56.1 Å². The van der Waals surface area contributed by atoms with Crippen molar-refractivity contribution in [3.63, 3.8) is 0 Å². The Hall–Kier alpha value is -1.00. The lowest BCUT2D eigenvalue weighted by Gasteiger charge is -2.39. The van der Waals surface area contributed by atoms with Crippen LogP contribution in [-0.4, -0.2) is 14.2 Å². The highest BCUT2D eigenvalue weighted by molar-refractivity contribution is 9.10. The van der Waals surface area contributed by atoms with Crippen LogP contribution in [0.25, 0.3) is 0 Å². The molecule has 2 aromatic rings. The normalized spacial score (nSPS) is 21.8. The van der Waals surface area contributed by atoms with Gasteiger partial charge in [0.05, 0.1) is 18.7 Å². The van der Waals surface area contributed by atoms with Gasteiger partial charge in [-0.05, 0) is 101 Å². The predicted octanol–water partition coefficient (Wildman–Crippen LogP) is 7.16. The number of ether oxygens (including phenoxy) is 2. The van der Waals surface area contributed by atoms with E-state index in [1.165, 1.54) is 58.8 Å². The Morgan fingerprint density at radius 1 is 0.778 bits per heavy atom. The molecule has 0 amide bonds. The van der Waals surface area contributed by atoms with Gasteiger partial charge in [0, 0.05) is 4.47 Å². The maximum atomic E-state index is 5.80. The van der Waals surface area contributed by atoms with E-state index < -0.39 is 0 Å². The number of benzene rings is 2. The number of halogens is 2. The second-order valence-corrected chi connectivity index (χ2v) is 9.45. The Balaban J connectivity index is 1.84. The SMILES string of the molecule is COc1cc(Br)c2cc1C1CCC1c1cc(cc(Br)c1OC)CCCCC2. The van der Waals surface area contributed by atoms with Crippen LogP contribution in [0.2, 0.25) is 0 Å². The maximum Gasteiger partial charge on any atom is 0.136 e. The summed E-state index contributed by atoms with van der Waals surface area (Å²) in [4.78, 5) is 0. The van der Waals surface area contributed by atoms with Crippen LogP contribution in [0.4, 0.5) is 0 Å². The molecule has 2 aromatic carbocycles. The van der Waals surface area contributed by atoms with Crippen molar-refractivity contribution in [1.82, 2.24) is 0 Å². The van der Waals surface area contributed by atoms with Gasteiger partial charge in [-0.3, -0.25) is 0 Å². The Kier molecular flexibility index (Phi) is 5.84. The summed E-state index contributed by atoms with van der Waals surface area (Å²) >= 11 is 7.52. The molecule has 27 heavy (non-hydrogen) atoms. The minimum absolute atomic E-state index is 0.486. The third-order valence-electron chi connectivity index (χ3n) is 6.22. The molecule has 0 aliphatic heterocycles. The van der Waals surface area contributed by atoms with Crippen LogP contribution in [0.5, 0.6) is 11.5 Å². The molecular weight excluding hydrogens is 468 g/mol. The molecule has 0 spiro atoms. The van der Waals surface area contributed by atoms with Gasteiger partial charge in [-0.25, -0.2) is 0 Å². The zero-order valence-corrected chi connectivity index (χ0v) is 19.2. The number of methoxy groups -OCH3 is 2. The Labute approximate surface area is 178 Å². The third kappa shape index (κ3) is 3.67. The van der Waals surface area contributed by atoms with Crippen molar-refractivity contribution in [3.05, 3.63) is 55.5 Å². The number of hydrogen-bond acceptors (Lipinski definition) is 2. The van der Waals surface area contributed by atoms with Crippen molar-refractivity contribution in [2.75, 3.05) is 14.2 Å². The highest BCUT2D eigenvalue weighted by atomic mass is 79.9. The fourth-order valence-corrected chi connectivity index (χ4v) is 5.86. The monoisotopic (exact) mass is 492 g/mol. The molecule has 0 heterocycles. The molecular formula is C23H26Br2O2. The maximum absolute atomic E-state index is 5.80. The van der Waals surface area contributed by atoms with Gasteiger partial charge in [0.1, 0.15) is 11.5 Å². The molecule has 1 saturated carbocycles. The first kappa shape index (κ1) is 19.3. The number of aryl methyl sites for hydroxylation is 2. The Bertz CT molecular complexity index is 847. The first-order chi connectivity index (χ1) is 13.1.